The number of rotatable bonds is 11. The van der Waals surface area contributed by atoms with E-state index in [0.717, 1.165) is 51.4 Å². The number of esters is 2. The van der Waals surface area contributed by atoms with Crippen molar-refractivity contribution in [2.24, 2.45) is 34.5 Å². The first-order valence-corrected chi connectivity index (χ1v) is 19.8. The van der Waals surface area contributed by atoms with Crippen molar-refractivity contribution in [3.63, 3.8) is 0 Å². The average Bonchev–Trinajstić information content (AvgIpc) is 3.16. The van der Waals surface area contributed by atoms with E-state index in [2.05, 4.69) is 27.0 Å². The smallest absolute Gasteiger partial charge is 0.333 e. The molecule has 0 amide bonds. The Balaban J connectivity index is 1.64. The molecule has 6 aliphatic carbocycles. The molecule has 4 nitrogen and oxygen atoms in total. The maximum Gasteiger partial charge on any atom is 0.333 e. The number of fused-ring (bicyclic) bond motifs is 8. The first kappa shape index (κ1) is 35.7. The van der Waals surface area contributed by atoms with Gasteiger partial charge in [-0.2, -0.15) is 0 Å². The van der Waals surface area contributed by atoms with Gasteiger partial charge in [0, 0.05) is 22.5 Å². The van der Waals surface area contributed by atoms with Crippen LogP contribution >= 0.6 is 0 Å². The average molecular weight is 637 g/mol. The molecule has 46 heavy (non-hydrogen) atoms. The molecule has 5 unspecified atom stereocenters. The molecule has 5 bridgehead atoms. The predicted octanol–water partition coefficient (Wildman–Crippen LogP) is 11.6. The van der Waals surface area contributed by atoms with E-state index in [1.54, 1.807) is 6.92 Å². The number of carbonyl (C=O) groups excluding carboxylic acids is 2. The van der Waals surface area contributed by atoms with Gasteiger partial charge in [-0.1, -0.05) is 110 Å². The summed E-state index contributed by atoms with van der Waals surface area (Å²) in [5.41, 5.74) is 0.152. The zero-order chi connectivity index (χ0) is 33.0. The molecular formula is C42H68O4. The van der Waals surface area contributed by atoms with Gasteiger partial charge in [-0.05, 0) is 108 Å². The minimum atomic E-state index is -0.538. The second-order valence-electron chi connectivity index (χ2n) is 17.3. The second kappa shape index (κ2) is 14.9. The molecule has 260 valence electrons. The van der Waals surface area contributed by atoms with Gasteiger partial charge in [0.05, 0.1) is 0 Å². The van der Waals surface area contributed by atoms with Gasteiger partial charge in [0.15, 0.2) is 0 Å². The quantitative estimate of drug-likeness (QED) is 0.129. The van der Waals surface area contributed by atoms with Crippen molar-refractivity contribution in [2.75, 3.05) is 0 Å². The topological polar surface area (TPSA) is 52.6 Å². The van der Waals surface area contributed by atoms with Crippen LogP contribution in [-0.2, 0) is 19.1 Å². The van der Waals surface area contributed by atoms with E-state index in [1.165, 1.54) is 103 Å². The van der Waals surface area contributed by atoms with Crippen LogP contribution in [0.1, 0.15) is 182 Å². The summed E-state index contributed by atoms with van der Waals surface area (Å²) in [6.07, 6.45) is 28.7. The van der Waals surface area contributed by atoms with Gasteiger partial charge in [0.2, 0.25) is 0 Å². The molecule has 0 aromatic heterocycles. The fraction of sp³-hybridized carbons (Fsp3) is 0.857. The maximum absolute atomic E-state index is 13.8. The largest absolute Gasteiger partial charge is 0.456 e. The lowest BCUT2D eigenvalue weighted by Crippen LogP contribution is -2.65. The lowest BCUT2D eigenvalue weighted by molar-refractivity contribution is -0.248. The normalized spacial score (nSPS) is 39.1. The molecule has 6 aliphatic rings. The van der Waals surface area contributed by atoms with Crippen LogP contribution in [0.2, 0.25) is 0 Å². The van der Waals surface area contributed by atoms with E-state index in [-0.39, 0.29) is 23.3 Å². The lowest BCUT2D eigenvalue weighted by Gasteiger charge is -2.64. The van der Waals surface area contributed by atoms with E-state index in [9.17, 15) is 9.59 Å². The maximum atomic E-state index is 13.8. The zero-order valence-corrected chi connectivity index (χ0v) is 30.3. The summed E-state index contributed by atoms with van der Waals surface area (Å²) in [5.74, 6) is 1.65. The van der Waals surface area contributed by atoms with E-state index >= 15 is 0 Å². The Morgan fingerprint density at radius 2 is 1.37 bits per heavy atom. The lowest BCUT2D eigenvalue weighted by atomic mass is 9.45. The molecule has 0 N–H and O–H groups in total. The Morgan fingerprint density at radius 3 is 2.07 bits per heavy atom. The van der Waals surface area contributed by atoms with Gasteiger partial charge in [-0.3, -0.25) is 0 Å². The molecule has 6 fully saturated rings. The van der Waals surface area contributed by atoms with Crippen LogP contribution in [0.3, 0.4) is 0 Å². The van der Waals surface area contributed by atoms with Gasteiger partial charge in [-0.25, -0.2) is 9.59 Å². The zero-order valence-electron chi connectivity index (χ0n) is 30.3. The van der Waals surface area contributed by atoms with Crippen molar-refractivity contribution in [2.45, 2.75) is 193 Å². The SMILES string of the molecule is C=C(C)C(=O)OC12CC3C4CCC[C@@H]3CCCCCCC3(CCCCCC)CCC(CC3)(C1)C(CCC)(OC(=O)C(=C)C)C(C4)C2. The third-order valence-electron chi connectivity index (χ3n) is 14.2. The van der Waals surface area contributed by atoms with Gasteiger partial charge in [0.1, 0.15) is 11.2 Å². The van der Waals surface area contributed by atoms with Crippen LogP contribution in [0.15, 0.2) is 24.3 Å². The molecule has 0 heterocycles. The Bertz CT molecular complexity index is 1100. The van der Waals surface area contributed by atoms with Crippen molar-refractivity contribution in [1.82, 2.24) is 0 Å². The van der Waals surface area contributed by atoms with Crippen LogP contribution in [0.4, 0.5) is 0 Å². The molecule has 0 aromatic carbocycles. The Kier molecular flexibility index (Phi) is 11.6. The highest BCUT2D eigenvalue weighted by atomic mass is 16.6. The predicted molar refractivity (Wildman–Crippen MR) is 188 cm³/mol. The Labute approximate surface area is 282 Å². The van der Waals surface area contributed by atoms with Crippen molar-refractivity contribution in [3.8, 4) is 0 Å². The molecule has 0 aromatic rings. The number of carbonyl (C=O) groups is 2. The Hall–Kier alpha value is -1.58. The van der Waals surface area contributed by atoms with Gasteiger partial charge in [-0.15, -0.1) is 0 Å². The van der Waals surface area contributed by atoms with Crippen molar-refractivity contribution in [1.29, 1.82) is 0 Å². The van der Waals surface area contributed by atoms with Crippen LogP contribution < -0.4 is 0 Å². The number of hydrogen-bond acceptors (Lipinski definition) is 4. The highest BCUT2D eigenvalue weighted by molar-refractivity contribution is 5.88. The molecule has 1 spiro atoms. The summed E-state index contributed by atoms with van der Waals surface area (Å²) < 4.78 is 13.9. The molecule has 4 heteroatoms. The second-order valence-corrected chi connectivity index (χ2v) is 17.3. The third kappa shape index (κ3) is 7.22. The van der Waals surface area contributed by atoms with Gasteiger partial charge >= 0.3 is 11.9 Å². The number of unbranched alkanes of at least 4 members (excludes halogenated alkanes) is 3. The summed E-state index contributed by atoms with van der Waals surface area (Å²) in [4.78, 5) is 27.3. The summed E-state index contributed by atoms with van der Waals surface area (Å²) in [6, 6.07) is 0. The minimum Gasteiger partial charge on any atom is -0.456 e. The fourth-order valence-electron chi connectivity index (χ4n) is 12.0. The highest BCUT2D eigenvalue weighted by Crippen LogP contribution is 2.69. The van der Waals surface area contributed by atoms with Crippen LogP contribution in [0.25, 0.3) is 0 Å². The minimum absolute atomic E-state index is 0.192. The van der Waals surface area contributed by atoms with E-state index in [4.69, 9.17) is 9.47 Å². The standard InChI is InChI=1S/C42H68O4/c1-7-9-10-14-21-39-22-15-12-11-13-17-33-18-16-19-34-27-35-28-41(29-36(33)34,45-37(43)31(3)4)30-40(25-23-39,26-24-39)42(35,20-8-2)46-38(44)32(5)6/h33-36H,3,5,7-30H2,1-2,4,6H3/t33-,34?,35?,36?,39?,40?,41?,42?/m0/s1. The number of hydrogen-bond donors (Lipinski definition) is 0. The molecule has 6 rings (SSSR count). The van der Waals surface area contributed by atoms with Gasteiger partial charge in [0.25, 0.3) is 0 Å². The first-order chi connectivity index (χ1) is 22.0. The summed E-state index contributed by atoms with van der Waals surface area (Å²) in [6.45, 7) is 16.3. The molecular weight excluding hydrogens is 568 g/mol. The monoisotopic (exact) mass is 637 g/mol. The first-order valence-electron chi connectivity index (χ1n) is 19.8. The molecule has 0 radical (unpaired) electrons. The summed E-state index contributed by atoms with van der Waals surface area (Å²) in [7, 11) is 0. The summed E-state index contributed by atoms with van der Waals surface area (Å²) in [5, 5.41) is 0. The molecule has 6 saturated carbocycles. The molecule has 6 atom stereocenters. The molecule has 0 aliphatic heterocycles. The van der Waals surface area contributed by atoms with Crippen LogP contribution in [0, 0.1) is 34.5 Å². The summed E-state index contributed by atoms with van der Waals surface area (Å²) >= 11 is 0. The Morgan fingerprint density at radius 1 is 0.696 bits per heavy atom. The van der Waals surface area contributed by atoms with Gasteiger partial charge < -0.3 is 9.47 Å². The fourth-order valence-corrected chi connectivity index (χ4v) is 12.0. The van der Waals surface area contributed by atoms with Crippen molar-refractivity contribution >= 4 is 11.9 Å². The van der Waals surface area contributed by atoms with Crippen molar-refractivity contribution < 1.29 is 19.1 Å². The number of ether oxygens (including phenoxy) is 2. The molecule has 0 saturated heterocycles. The highest BCUT2D eigenvalue weighted by Gasteiger charge is 2.68. The van der Waals surface area contributed by atoms with Crippen molar-refractivity contribution in [3.05, 3.63) is 24.3 Å². The van der Waals surface area contributed by atoms with Crippen LogP contribution in [0.5, 0.6) is 0 Å². The van der Waals surface area contributed by atoms with E-state index in [0.29, 0.717) is 34.3 Å². The van der Waals surface area contributed by atoms with Crippen LogP contribution in [-0.4, -0.2) is 23.1 Å². The van der Waals surface area contributed by atoms with E-state index in [1.807, 2.05) is 6.92 Å². The van der Waals surface area contributed by atoms with E-state index < -0.39 is 11.2 Å². The third-order valence-corrected chi connectivity index (χ3v) is 14.2.